The largest absolute Gasteiger partial charge is 0.419 e. The van der Waals surface area contributed by atoms with Crippen LogP contribution in [0.5, 0.6) is 0 Å². The van der Waals surface area contributed by atoms with Gasteiger partial charge in [-0.2, -0.15) is 0 Å². The van der Waals surface area contributed by atoms with Gasteiger partial charge in [0.05, 0.1) is 21.5 Å². The molecule has 0 saturated heterocycles. The molecule has 0 fully saturated rings. The monoisotopic (exact) mass is 426 g/mol. The molecule has 3 aromatic heterocycles. The van der Waals surface area contributed by atoms with E-state index in [9.17, 15) is 4.79 Å². The highest BCUT2D eigenvalue weighted by molar-refractivity contribution is 7.98. The van der Waals surface area contributed by atoms with Crippen LogP contribution in [0.25, 0.3) is 21.7 Å². The summed E-state index contributed by atoms with van der Waals surface area (Å²) in [5.41, 5.74) is 1.92. The Labute approximate surface area is 177 Å². The number of hydrogen-bond donors (Lipinski definition) is 0. The molecule has 0 aliphatic rings. The average molecular weight is 427 g/mol. The Hall–Kier alpha value is -2.45. The highest BCUT2D eigenvalue weighted by Crippen LogP contribution is 2.32. The van der Waals surface area contributed by atoms with E-state index in [1.807, 2.05) is 38.1 Å². The maximum Gasteiger partial charge on any atom is 0.262 e. The average Bonchev–Trinajstić information content (AvgIpc) is 3.32. The first-order valence-electron chi connectivity index (χ1n) is 9.54. The van der Waals surface area contributed by atoms with E-state index in [4.69, 9.17) is 9.40 Å². The molecule has 3 heterocycles. The standard InChI is InChI=1S/C21H22N4O2S2/c1-5-16-13(4)10-17(29-16)19-24-23-18(27-19)11-28-21-22-15-9-7-6-8-14(15)20(26)25(21)12(2)3/h6-10,12H,5,11H2,1-4H3. The molecule has 4 rings (SSSR count). The number of aromatic nitrogens is 4. The summed E-state index contributed by atoms with van der Waals surface area (Å²) in [4.78, 5) is 19.9. The lowest BCUT2D eigenvalue weighted by molar-refractivity contribution is 0.514. The molecule has 0 atom stereocenters. The number of thioether (sulfide) groups is 1. The van der Waals surface area contributed by atoms with Crippen molar-refractivity contribution in [1.29, 1.82) is 0 Å². The van der Waals surface area contributed by atoms with Gasteiger partial charge >= 0.3 is 0 Å². The van der Waals surface area contributed by atoms with Crippen LogP contribution in [0.3, 0.4) is 0 Å². The zero-order valence-electron chi connectivity index (χ0n) is 16.8. The molecule has 0 aliphatic heterocycles. The number of benzene rings is 1. The maximum absolute atomic E-state index is 12.9. The third-order valence-electron chi connectivity index (χ3n) is 4.64. The van der Waals surface area contributed by atoms with Gasteiger partial charge in [0, 0.05) is 10.9 Å². The molecule has 29 heavy (non-hydrogen) atoms. The first-order chi connectivity index (χ1) is 14.0. The molecule has 150 valence electrons. The molecule has 1 aromatic carbocycles. The maximum atomic E-state index is 12.9. The lowest BCUT2D eigenvalue weighted by atomic mass is 10.2. The molecule has 0 saturated carbocycles. The van der Waals surface area contributed by atoms with Crippen LogP contribution in [0, 0.1) is 6.92 Å². The zero-order valence-corrected chi connectivity index (χ0v) is 18.4. The Bertz CT molecular complexity index is 1220. The summed E-state index contributed by atoms with van der Waals surface area (Å²) in [5.74, 6) is 1.52. The van der Waals surface area contributed by atoms with Crippen molar-refractivity contribution in [2.75, 3.05) is 0 Å². The van der Waals surface area contributed by atoms with Crippen molar-refractivity contribution in [1.82, 2.24) is 19.7 Å². The van der Waals surface area contributed by atoms with Gasteiger partial charge in [-0.25, -0.2) is 4.98 Å². The lowest BCUT2D eigenvalue weighted by Gasteiger charge is -2.15. The van der Waals surface area contributed by atoms with Crippen LogP contribution < -0.4 is 5.56 Å². The summed E-state index contributed by atoms with van der Waals surface area (Å²) < 4.78 is 7.60. The molecule has 4 aromatic rings. The van der Waals surface area contributed by atoms with Gasteiger partial charge in [-0.15, -0.1) is 21.5 Å². The topological polar surface area (TPSA) is 73.8 Å². The Morgan fingerprint density at radius 3 is 2.76 bits per heavy atom. The summed E-state index contributed by atoms with van der Waals surface area (Å²) in [6.45, 7) is 8.21. The second kappa shape index (κ2) is 8.12. The Kier molecular flexibility index (Phi) is 5.56. The van der Waals surface area contributed by atoms with Crippen molar-refractivity contribution in [3.8, 4) is 10.8 Å². The number of hydrogen-bond acceptors (Lipinski definition) is 7. The third-order valence-corrected chi connectivity index (χ3v) is 6.94. The van der Waals surface area contributed by atoms with Crippen LogP contribution >= 0.6 is 23.1 Å². The fourth-order valence-corrected chi connectivity index (χ4v) is 5.20. The fourth-order valence-electron chi connectivity index (χ4n) is 3.20. The predicted octanol–water partition coefficient (Wildman–Crippen LogP) is 5.25. The molecular formula is C21H22N4O2S2. The Morgan fingerprint density at radius 1 is 1.24 bits per heavy atom. The molecule has 0 radical (unpaired) electrons. The number of rotatable bonds is 6. The molecule has 0 aliphatic carbocycles. The van der Waals surface area contributed by atoms with Crippen LogP contribution in [-0.2, 0) is 12.2 Å². The van der Waals surface area contributed by atoms with E-state index in [0.717, 1.165) is 11.3 Å². The van der Waals surface area contributed by atoms with Gasteiger partial charge in [-0.3, -0.25) is 9.36 Å². The van der Waals surface area contributed by atoms with E-state index in [0.29, 0.717) is 33.6 Å². The van der Waals surface area contributed by atoms with Gasteiger partial charge in [-0.1, -0.05) is 30.8 Å². The highest BCUT2D eigenvalue weighted by Gasteiger charge is 2.17. The number of fused-ring (bicyclic) bond motifs is 1. The van der Waals surface area contributed by atoms with E-state index in [1.165, 1.54) is 22.2 Å². The van der Waals surface area contributed by atoms with Crippen molar-refractivity contribution >= 4 is 34.0 Å². The summed E-state index contributed by atoms with van der Waals surface area (Å²) >= 11 is 3.13. The Balaban J connectivity index is 1.61. The first kappa shape index (κ1) is 19.8. The zero-order chi connectivity index (χ0) is 20.5. The van der Waals surface area contributed by atoms with Crippen molar-refractivity contribution in [3.05, 3.63) is 57.0 Å². The van der Waals surface area contributed by atoms with E-state index < -0.39 is 0 Å². The number of nitrogens with zero attached hydrogens (tertiary/aromatic N) is 4. The van der Waals surface area contributed by atoms with Crippen LogP contribution in [0.1, 0.15) is 43.1 Å². The van der Waals surface area contributed by atoms with Gasteiger partial charge in [-0.05, 0) is 51.0 Å². The minimum absolute atomic E-state index is 0.00177. The van der Waals surface area contributed by atoms with Gasteiger partial charge in [0.1, 0.15) is 0 Å². The van der Waals surface area contributed by atoms with E-state index in [2.05, 4.69) is 30.1 Å². The fraction of sp³-hybridized carbons (Fsp3) is 0.333. The minimum Gasteiger partial charge on any atom is -0.419 e. The molecule has 0 amide bonds. The summed E-state index contributed by atoms with van der Waals surface area (Å²) in [5, 5.41) is 9.68. The van der Waals surface area contributed by atoms with E-state index in [1.54, 1.807) is 15.9 Å². The van der Waals surface area contributed by atoms with Crippen LogP contribution in [-0.4, -0.2) is 19.7 Å². The summed E-state index contributed by atoms with van der Waals surface area (Å²) in [7, 11) is 0. The predicted molar refractivity (Wildman–Crippen MR) is 118 cm³/mol. The third kappa shape index (κ3) is 3.86. The molecule has 6 nitrogen and oxygen atoms in total. The van der Waals surface area contributed by atoms with E-state index >= 15 is 0 Å². The van der Waals surface area contributed by atoms with Gasteiger partial charge < -0.3 is 4.42 Å². The molecule has 8 heteroatoms. The SMILES string of the molecule is CCc1sc(-c2nnc(CSc3nc4ccccc4c(=O)n3C(C)C)o2)cc1C. The quantitative estimate of drug-likeness (QED) is 0.310. The molecule has 0 unspecified atom stereocenters. The number of thiophene rings is 1. The van der Waals surface area contributed by atoms with Crippen molar-refractivity contribution in [3.63, 3.8) is 0 Å². The first-order valence-corrected chi connectivity index (χ1v) is 11.3. The van der Waals surface area contributed by atoms with Crippen molar-refractivity contribution in [2.24, 2.45) is 0 Å². The molecule has 0 spiro atoms. The van der Waals surface area contributed by atoms with Crippen LogP contribution in [0.15, 0.2) is 44.7 Å². The van der Waals surface area contributed by atoms with E-state index in [-0.39, 0.29) is 11.6 Å². The second-order valence-electron chi connectivity index (χ2n) is 7.04. The smallest absolute Gasteiger partial charge is 0.262 e. The minimum atomic E-state index is -0.0273. The lowest BCUT2D eigenvalue weighted by Crippen LogP contribution is -2.25. The summed E-state index contributed by atoms with van der Waals surface area (Å²) in [6, 6.07) is 9.52. The summed E-state index contributed by atoms with van der Waals surface area (Å²) in [6.07, 6.45) is 0.994. The van der Waals surface area contributed by atoms with Crippen molar-refractivity contribution < 1.29 is 4.42 Å². The molecule has 0 bridgehead atoms. The molecule has 0 N–H and O–H groups in total. The van der Waals surface area contributed by atoms with Crippen molar-refractivity contribution in [2.45, 2.75) is 51.1 Å². The second-order valence-corrected chi connectivity index (χ2v) is 9.12. The van der Waals surface area contributed by atoms with Crippen LogP contribution in [0.4, 0.5) is 0 Å². The van der Waals surface area contributed by atoms with Gasteiger partial charge in [0.25, 0.3) is 11.4 Å². The highest BCUT2D eigenvalue weighted by atomic mass is 32.2. The van der Waals surface area contributed by atoms with Gasteiger partial charge in [0.15, 0.2) is 5.16 Å². The Morgan fingerprint density at radius 2 is 2.03 bits per heavy atom. The normalized spacial score (nSPS) is 11.6. The van der Waals surface area contributed by atoms with Gasteiger partial charge in [0.2, 0.25) is 5.89 Å². The number of para-hydroxylation sites is 1. The molecular weight excluding hydrogens is 404 g/mol. The van der Waals surface area contributed by atoms with Crippen LogP contribution in [0.2, 0.25) is 0 Å². The number of aryl methyl sites for hydroxylation is 2.